The van der Waals surface area contributed by atoms with Crippen LogP contribution in [0.5, 0.6) is 0 Å². The summed E-state index contributed by atoms with van der Waals surface area (Å²) in [6, 6.07) is -0.0311. The Kier molecular flexibility index (Phi) is 7.52. The van der Waals surface area contributed by atoms with Crippen molar-refractivity contribution < 1.29 is 14.6 Å². The molecule has 0 aromatic heterocycles. The summed E-state index contributed by atoms with van der Waals surface area (Å²) in [6.45, 7) is 8.59. The van der Waals surface area contributed by atoms with Crippen molar-refractivity contribution in [3.8, 4) is 0 Å². The van der Waals surface area contributed by atoms with Crippen LogP contribution in [0.1, 0.15) is 26.2 Å². The molecule has 0 bridgehead atoms. The van der Waals surface area contributed by atoms with Crippen LogP contribution in [0.4, 0.5) is 4.79 Å². The monoisotopic (exact) mass is 270 g/mol. The first-order valence-electron chi connectivity index (χ1n) is 7.04. The van der Waals surface area contributed by atoms with Crippen molar-refractivity contribution in [2.75, 3.05) is 32.8 Å². The van der Waals surface area contributed by atoms with Crippen molar-refractivity contribution in [3.05, 3.63) is 12.7 Å². The van der Waals surface area contributed by atoms with Crippen molar-refractivity contribution in [2.24, 2.45) is 5.92 Å². The number of carbonyl (C=O) groups is 1. The van der Waals surface area contributed by atoms with Gasteiger partial charge in [-0.15, -0.1) is 6.58 Å². The van der Waals surface area contributed by atoms with E-state index in [9.17, 15) is 9.90 Å². The summed E-state index contributed by atoms with van der Waals surface area (Å²) >= 11 is 0. The highest BCUT2D eigenvalue weighted by atomic mass is 16.5. The second-order valence-electron chi connectivity index (χ2n) is 4.99. The van der Waals surface area contributed by atoms with Gasteiger partial charge in [0.1, 0.15) is 0 Å². The van der Waals surface area contributed by atoms with E-state index in [1.165, 1.54) is 0 Å². The molecule has 19 heavy (non-hydrogen) atoms. The van der Waals surface area contributed by atoms with Gasteiger partial charge in [-0.1, -0.05) is 6.08 Å². The van der Waals surface area contributed by atoms with E-state index in [1.807, 2.05) is 17.9 Å². The van der Waals surface area contributed by atoms with Gasteiger partial charge in [-0.3, -0.25) is 0 Å². The lowest BCUT2D eigenvalue weighted by molar-refractivity contribution is 0.0790. The van der Waals surface area contributed by atoms with E-state index >= 15 is 0 Å². The minimum atomic E-state index is -0.275. The summed E-state index contributed by atoms with van der Waals surface area (Å²) in [4.78, 5) is 13.7. The van der Waals surface area contributed by atoms with E-state index in [2.05, 4.69) is 11.9 Å². The van der Waals surface area contributed by atoms with Crippen LogP contribution in [0, 0.1) is 5.92 Å². The van der Waals surface area contributed by atoms with Crippen molar-refractivity contribution >= 4 is 6.03 Å². The van der Waals surface area contributed by atoms with E-state index in [0.717, 1.165) is 32.4 Å². The van der Waals surface area contributed by atoms with Crippen molar-refractivity contribution in [1.82, 2.24) is 10.2 Å². The molecule has 0 radical (unpaired) electrons. The first-order chi connectivity index (χ1) is 9.15. The molecule has 110 valence electrons. The van der Waals surface area contributed by atoms with E-state index in [0.29, 0.717) is 25.7 Å². The van der Waals surface area contributed by atoms with Crippen LogP contribution in [0.2, 0.25) is 0 Å². The maximum absolute atomic E-state index is 11.8. The fourth-order valence-electron chi connectivity index (χ4n) is 2.20. The van der Waals surface area contributed by atoms with E-state index < -0.39 is 0 Å². The van der Waals surface area contributed by atoms with Gasteiger partial charge in [0, 0.05) is 19.6 Å². The largest absolute Gasteiger partial charge is 0.393 e. The Morgan fingerprint density at radius 3 is 2.79 bits per heavy atom. The molecule has 1 rings (SSSR count). The van der Waals surface area contributed by atoms with Gasteiger partial charge >= 0.3 is 6.03 Å². The van der Waals surface area contributed by atoms with Crippen LogP contribution >= 0.6 is 0 Å². The van der Waals surface area contributed by atoms with Gasteiger partial charge in [-0.2, -0.15) is 0 Å². The smallest absolute Gasteiger partial charge is 0.317 e. The van der Waals surface area contributed by atoms with Crippen LogP contribution in [0.15, 0.2) is 12.7 Å². The van der Waals surface area contributed by atoms with Gasteiger partial charge in [0.2, 0.25) is 0 Å². The highest BCUT2D eigenvalue weighted by Crippen LogP contribution is 2.20. The topological polar surface area (TPSA) is 61.8 Å². The van der Waals surface area contributed by atoms with Gasteiger partial charge in [0.05, 0.1) is 19.3 Å². The zero-order chi connectivity index (χ0) is 14.1. The lowest BCUT2D eigenvalue weighted by atomic mass is 9.92. The second-order valence-corrected chi connectivity index (χ2v) is 4.99. The molecule has 2 amide bonds. The predicted octanol–water partition coefficient (Wildman–Crippen LogP) is 1.38. The van der Waals surface area contributed by atoms with Crippen molar-refractivity contribution in [2.45, 2.75) is 32.3 Å². The number of carbonyl (C=O) groups excluding carboxylic acids is 1. The Hall–Kier alpha value is -1.07. The molecule has 2 N–H and O–H groups in total. The number of ether oxygens (including phenoxy) is 1. The summed E-state index contributed by atoms with van der Waals surface area (Å²) in [5.41, 5.74) is 0. The molecular formula is C14H26N2O3. The first-order valence-corrected chi connectivity index (χ1v) is 7.04. The second kappa shape index (κ2) is 8.93. The molecule has 5 heteroatoms. The van der Waals surface area contributed by atoms with E-state index in [1.54, 1.807) is 0 Å². The minimum Gasteiger partial charge on any atom is -0.393 e. The van der Waals surface area contributed by atoms with Gasteiger partial charge < -0.3 is 20.1 Å². The van der Waals surface area contributed by atoms with Crippen LogP contribution < -0.4 is 5.32 Å². The number of aliphatic hydroxyl groups excluding tert-OH is 1. The zero-order valence-electron chi connectivity index (χ0n) is 11.8. The molecule has 5 nitrogen and oxygen atoms in total. The lowest BCUT2D eigenvalue weighted by Crippen LogP contribution is -2.46. The summed E-state index contributed by atoms with van der Waals surface area (Å²) < 4.78 is 5.32. The standard InChI is InChI=1S/C14H26N2O3/c1-3-4-10-19-11-7-15-14(18)16-8-5-13(6-9-16)12(2)17/h3,12-13,17H,1,4-11H2,2H3,(H,15,18). The van der Waals surface area contributed by atoms with Crippen LogP contribution in [0.3, 0.4) is 0 Å². The molecule has 1 heterocycles. The number of nitrogens with zero attached hydrogens (tertiary/aromatic N) is 1. The van der Waals surface area contributed by atoms with Gasteiger partial charge in [-0.25, -0.2) is 4.79 Å². The maximum atomic E-state index is 11.8. The quantitative estimate of drug-likeness (QED) is 0.543. The number of aliphatic hydroxyl groups is 1. The molecule has 0 aliphatic carbocycles. The summed E-state index contributed by atoms with van der Waals surface area (Å²) in [5, 5.41) is 12.4. The third kappa shape index (κ3) is 6.07. The third-order valence-electron chi connectivity index (χ3n) is 3.50. The number of urea groups is 1. The van der Waals surface area contributed by atoms with Gasteiger partial charge in [-0.05, 0) is 32.1 Å². The Bertz CT molecular complexity index is 274. The number of amides is 2. The summed E-state index contributed by atoms with van der Waals surface area (Å²) in [6.07, 6.45) is 4.12. The maximum Gasteiger partial charge on any atom is 0.317 e. The number of likely N-dealkylation sites (tertiary alicyclic amines) is 1. The number of hydrogen-bond acceptors (Lipinski definition) is 3. The minimum absolute atomic E-state index is 0.0311. The SMILES string of the molecule is C=CCCOCCNC(=O)N1CCC(C(C)O)CC1. The molecule has 0 aromatic carbocycles. The highest BCUT2D eigenvalue weighted by Gasteiger charge is 2.24. The van der Waals surface area contributed by atoms with Crippen LogP contribution in [0.25, 0.3) is 0 Å². The first kappa shape index (κ1) is 16.0. The van der Waals surface area contributed by atoms with Gasteiger partial charge in [0.15, 0.2) is 0 Å². The van der Waals surface area contributed by atoms with E-state index in [-0.39, 0.29) is 12.1 Å². The fourth-order valence-corrected chi connectivity index (χ4v) is 2.20. The van der Waals surface area contributed by atoms with Crippen molar-refractivity contribution in [1.29, 1.82) is 0 Å². The molecule has 1 aliphatic rings. The lowest BCUT2D eigenvalue weighted by Gasteiger charge is -2.33. The Morgan fingerprint density at radius 1 is 1.53 bits per heavy atom. The average Bonchev–Trinajstić information content (AvgIpc) is 2.42. The average molecular weight is 270 g/mol. The molecular weight excluding hydrogens is 244 g/mol. The highest BCUT2D eigenvalue weighted by molar-refractivity contribution is 5.74. The molecule has 1 fully saturated rings. The van der Waals surface area contributed by atoms with Crippen molar-refractivity contribution in [3.63, 3.8) is 0 Å². The van der Waals surface area contributed by atoms with E-state index in [4.69, 9.17) is 4.74 Å². The predicted molar refractivity (Wildman–Crippen MR) is 75.0 cm³/mol. The number of hydrogen-bond donors (Lipinski definition) is 2. The normalized spacial score (nSPS) is 18.1. The summed E-state index contributed by atoms with van der Waals surface area (Å²) in [5.74, 6) is 0.325. The number of piperidine rings is 1. The Labute approximate surface area is 115 Å². The Balaban J connectivity index is 2.09. The fraction of sp³-hybridized carbons (Fsp3) is 0.786. The van der Waals surface area contributed by atoms with Crippen LogP contribution in [-0.2, 0) is 4.74 Å². The molecule has 1 unspecified atom stereocenters. The number of nitrogens with one attached hydrogen (secondary N) is 1. The Morgan fingerprint density at radius 2 is 2.21 bits per heavy atom. The number of rotatable bonds is 7. The molecule has 0 spiro atoms. The van der Waals surface area contributed by atoms with Crippen LogP contribution in [-0.4, -0.2) is 55.0 Å². The summed E-state index contributed by atoms with van der Waals surface area (Å²) in [7, 11) is 0. The molecule has 1 aliphatic heterocycles. The molecule has 1 atom stereocenters. The molecule has 0 saturated carbocycles. The zero-order valence-corrected chi connectivity index (χ0v) is 11.8. The molecule has 0 aromatic rings. The van der Waals surface area contributed by atoms with Gasteiger partial charge in [0.25, 0.3) is 0 Å². The third-order valence-corrected chi connectivity index (χ3v) is 3.50. The molecule has 1 saturated heterocycles.